The maximum Gasteiger partial charge on any atom is 0.320 e. The van der Waals surface area contributed by atoms with E-state index in [1.165, 1.54) is 0 Å². The van der Waals surface area contributed by atoms with Crippen LogP contribution in [0, 0.1) is 0 Å². The molecule has 0 bridgehead atoms. The largest absolute Gasteiger partial charge is 0.480 e. The second-order valence-electron chi connectivity index (χ2n) is 2.60. The zero-order valence-corrected chi connectivity index (χ0v) is 8.36. The van der Waals surface area contributed by atoms with Crippen molar-refractivity contribution in [3.63, 3.8) is 0 Å². The first-order valence-corrected chi connectivity index (χ1v) is 4.48. The molecule has 1 unspecified atom stereocenters. The summed E-state index contributed by atoms with van der Waals surface area (Å²) in [6.45, 7) is 0. The van der Waals surface area contributed by atoms with Gasteiger partial charge in [0.05, 0.1) is 0 Å². The Kier molecular flexibility index (Phi) is 3.39. The van der Waals surface area contributed by atoms with E-state index < -0.39 is 12.0 Å². The van der Waals surface area contributed by atoms with Gasteiger partial charge in [-0.1, -0.05) is 6.07 Å². The Bertz CT molecular complexity index is 317. The molecule has 1 aromatic rings. The zero-order valence-electron chi connectivity index (χ0n) is 6.77. The van der Waals surface area contributed by atoms with Crippen molar-refractivity contribution >= 4 is 21.9 Å². The van der Waals surface area contributed by atoms with Gasteiger partial charge in [0.15, 0.2) is 0 Å². The van der Waals surface area contributed by atoms with Gasteiger partial charge in [0.2, 0.25) is 0 Å². The minimum absolute atomic E-state index is 0.282. The van der Waals surface area contributed by atoms with E-state index in [1.807, 2.05) is 0 Å². The van der Waals surface area contributed by atoms with Crippen molar-refractivity contribution in [2.24, 2.45) is 5.73 Å². The summed E-state index contributed by atoms with van der Waals surface area (Å²) in [4.78, 5) is 14.4. The average molecular weight is 245 g/mol. The van der Waals surface area contributed by atoms with E-state index in [9.17, 15) is 4.79 Å². The molecule has 1 rings (SSSR count). The molecule has 1 heterocycles. The van der Waals surface area contributed by atoms with Crippen LogP contribution in [0.4, 0.5) is 0 Å². The molecule has 0 saturated carbocycles. The fraction of sp³-hybridized carbons (Fsp3) is 0.250. The van der Waals surface area contributed by atoms with Crippen molar-refractivity contribution in [2.45, 2.75) is 12.5 Å². The molecular formula is C8H9BrN2O2. The van der Waals surface area contributed by atoms with Crippen LogP contribution in [0.3, 0.4) is 0 Å². The lowest BCUT2D eigenvalue weighted by molar-refractivity contribution is -0.138. The summed E-state index contributed by atoms with van der Waals surface area (Å²) in [7, 11) is 0. The molecule has 3 N–H and O–H groups in total. The van der Waals surface area contributed by atoms with Crippen LogP contribution >= 0.6 is 15.9 Å². The second-order valence-corrected chi connectivity index (χ2v) is 3.35. The monoisotopic (exact) mass is 244 g/mol. The summed E-state index contributed by atoms with van der Waals surface area (Å²) in [5.41, 5.74) is 6.17. The van der Waals surface area contributed by atoms with E-state index >= 15 is 0 Å². The standard InChI is InChI=1S/C8H9BrN2O2/c9-7-5(2-1-3-11-7)4-6(10)8(12)13/h1-3,6H,4,10H2,(H,12,13). The molecule has 4 nitrogen and oxygen atoms in total. The lowest BCUT2D eigenvalue weighted by Crippen LogP contribution is -2.32. The summed E-state index contributed by atoms with van der Waals surface area (Å²) in [6.07, 6.45) is 1.91. The first kappa shape index (κ1) is 10.1. The summed E-state index contributed by atoms with van der Waals surface area (Å²) in [5, 5.41) is 8.57. The highest BCUT2D eigenvalue weighted by atomic mass is 79.9. The van der Waals surface area contributed by atoms with Crippen molar-refractivity contribution in [1.82, 2.24) is 4.98 Å². The number of pyridine rings is 1. The molecule has 13 heavy (non-hydrogen) atoms. The lowest BCUT2D eigenvalue weighted by Gasteiger charge is -2.06. The number of carboxylic acid groups (broad SMARTS) is 1. The molecule has 1 atom stereocenters. The lowest BCUT2D eigenvalue weighted by atomic mass is 10.1. The Morgan fingerprint density at radius 3 is 3.00 bits per heavy atom. The van der Waals surface area contributed by atoms with Crippen molar-refractivity contribution in [3.05, 3.63) is 28.5 Å². The Morgan fingerprint density at radius 2 is 2.46 bits per heavy atom. The third-order valence-electron chi connectivity index (χ3n) is 1.59. The number of hydrogen-bond donors (Lipinski definition) is 2. The van der Waals surface area contributed by atoms with Gasteiger partial charge >= 0.3 is 5.97 Å². The topological polar surface area (TPSA) is 76.2 Å². The van der Waals surface area contributed by atoms with Crippen molar-refractivity contribution in [3.8, 4) is 0 Å². The smallest absolute Gasteiger partial charge is 0.320 e. The number of aliphatic carboxylic acids is 1. The predicted octanol–water partition coefficient (Wildman–Crippen LogP) is 0.798. The number of rotatable bonds is 3. The predicted molar refractivity (Wildman–Crippen MR) is 51.3 cm³/mol. The number of carbonyl (C=O) groups is 1. The number of halogens is 1. The Hall–Kier alpha value is -0.940. The normalized spacial score (nSPS) is 12.5. The van der Waals surface area contributed by atoms with Gasteiger partial charge in [0.25, 0.3) is 0 Å². The van der Waals surface area contributed by atoms with E-state index in [-0.39, 0.29) is 6.42 Å². The van der Waals surface area contributed by atoms with Crippen LogP contribution in [0.1, 0.15) is 5.56 Å². The van der Waals surface area contributed by atoms with Crippen LogP contribution in [-0.4, -0.2) is 22.1 Å². The van der Waals surface area contributed by atoms with Gasteiger partial charge in [0.1, 0.15) is 10.6 Å². The van der Waals surface area contributed by atoms with Crippen LogP contribution in [0.25, 0.3) is 0 Å². The van der Waals surface area contributed by atoms with Gasteiger partial charge in [-0.2, -0.15) is 0 Å². The highest BCUT2D eigenvalue weighted by Gasteiger charge is 2.13. The van der Waals surface area contributed by atoms with Crippen LogP contribution < -0.4 is 5.73 Å². The zero-order chi connectivity index (χ0) is 9.84. The molecule has 0 aliphatic carbocycles. The van der Waals surface area contributed by atoms with Crippen LogP contribution in [0.5, 0.6) is 0 Å². The average Bonchev–Trinajstić information content (AvgIpc) is 2.08. The quantitative estimate of drug-likeness (QED) is 0.772. The molecular weight excluding hydrogens is 236 g/mol. The molecule has 70 valence electrons. The van der Waals surface area contributed by atoms with Gasteiger partial charge in [-0.3, -0.25) is 4.79 Å². The maximum atomic E-state index is 10.5. The van der Waals surface area contributed by atoms with E-state index in [1.54, 1.807) is 18.3 Å². The minimum Gasteiger partial charge on any atom is -0.480 e. The number of carboxylic acids is 1. The van der Waals surface area contributed by atoms with Crippen molar-refractivity contribution in [1.29, 1.82) is 0 Å². The van der Waals surface area contributed by atoms with Gasteiger partial charge in [-0.15, -0.1) is 0 Å². The Morgan fingerprint density at radius 1 is 1.77 bits per heavy atom. The second kappa shape index (κ2) is 4.34. The molecule has 1 aromatic heterocycles. The van der Waals surface area contributed by atoms with E-state index in [4.69, 9.17) is 10.8 Å². The van der Waals surface area contributed by atoms with Crippen LogP contribution in [-0.2, 0) is 11.2 Å². The van der Waals surface area contributed by atoms with E-state index in [0.29, 0.717) is 4.60 Å². The number of nitrogens with two attached hydrogens (primary N) is 1. The molecule has 0 radical (unpaired) electrons. The van der Waals surface area contributed by atoms with Crippen LogP contribution in [0.15, 0.2) is 22.9 Å². The van der Waals surface area contributed by atoms with Gasteiger partial charge in [-0.05, 0) is 27.6 Å². The van der Waals surface area contributed by atoms with Crippen molar-refractivity contribution in [2.75, 3.05) is 0 Å². The van der Waals surface area contributed by atoms with E-state index in [0.717, 1.165) is 5.56 Å². The molecule has 0 spiro atoms. The fourth-order valence-corrected chi connectivity index (χ4v) is 1.31. The molecule has 0 saturated heterocycles. The summed E-state index contributed by atoms with van der Waals surface area (Å²) in [5.74, 6) is -1.00. The molecule has 0 aromatic carbocycles. The third-order valence-corrected chi connectivity index (χ3v) is 2.31. The van der Waals surface area contributed by atoms with E-state index in [2.05, 4.69) is 20.9 Å². The highest BCUT2D eigenvalue weighted by Crippen LogP contribution is 2.13. The van der Waals surface area contributed by atoms with Gasteiger partial charge < -0.3 is 10.8 Å². The molecule has 0 fully saturated rings. The summed E-state index contributed by atoms with van der Waals surface area (Å²) < 4.78 is 0.645. The molecule has 0 aliphatic rings. The summed E-state index contributed by atoms with van der Waals surface area (Å²) in [6, 6.07) is 2.66. The molecule has 5 heteroatoms. The first-order valence-electron chi connectivity index (χ1n) is 3.69. The van der Waals surface area contributed by atoms with Crippen LogP contribution in [0.2, 0.25) is 0 Å². The maximum absolute atomic E-state index is 10.5. The number of aromatic nitrogens is 1. The summed E-state index contributed by atoms with van der Waals surface area (Å²) >= 11 is 3.21. The van der Waals surface area contributed by atoms with Gasteiger partial charge in [0, 0.05) is 12.6 Å². The minimum atomic E-state index is -1.00. The highest BCUT2D eigenvalue weighted by molar-refractivity contribution is 9.10. The Labute approximate surface area is 83.9 Å². The molecule has 0 amide bonds. The Balaban J connectivity index is 2.74. The fourth-order valence-electron chi connectivity index (χ4n) is 0.896. The number of nitrogens with zero attached hydrogens (tertiary/aromatic N) is 1. The number of hydrogen-bond acceptors (Lipinski definition) is 3. The SMILES string of the molecule is NC(Cc1cccnc1Br)C(=O)O. The molecule has 0 aliphatic heterocycles. The van der Waals surface area contributed by atoms with Crippen molar-refractivity contribution < 1.29 is 9.90 Å². The first-order chi connectivity index (χ1) is 6.11. The van der Waals surface area contributed by atoms with Gasteiger partial charge in [-0.25, -0.2) is 4.98 Å². The third kappa shape index (κ3) is 2.78.